The number of piperidine rings is 1. The van der Waals surface area contributed by atoms with Gasteiger partial charge in [-0.2, -0.15) is 5.10 Å². The van der Waals surface area contributed by atoms with E-state index in [4.69, 9.17) is 21.1 Å². The standard InChI is InChI=1S/C26H31ClFN3O3/c1-17(22-14-20(27)13-18-15-29-30-23(18)22)33-16-26(19-5-7-21(28)8-6-19)9-11-31(12-10-26)24(32)34-25(2,3)4/h5-8,13-15,17H,9-12,16H2,1-4H3,(H,29,30)/t17-/m0/s1. The van der Waals surface area contributed by atoms with E-state index in [1.165, 1.54) is 12.1 Å². The van der Waals surface area contributed by atoms with Crippen LogP contribution >= 0.6 is 11.6 Å². The Kier molecular flexibility index (Phi) is 6.87. The maximum atomic E-state index is 13.7. The van der Waals surface area contributed by atoms with Crippen LogP contribution in [0, 0.1) is 5.82 Å². The topological polar surface area (TPSA) is 67.4 Å². The summed E-state index contributed by atoms with van der Waals surface area (Å²) in [7, 11) is 0. The summed E-state index contributed by atoms with van der Waals surface area (Å²) in [6.45, 7) is 9.06. The van der Waals surface area contributed by atoms with Gasteiger partial charge in [0, 0.05) is 34.5 Å². The SMILES string of the molecule is C[C@H](OCC1(c2ccc(F)cc2)CCN(C(=O)OC(C)(C)C)CC1)c1cc(Cl)cc2cn[nH]c12. The molecule has 0 bridgehead atoms. The van der Waals surface area contributed by atoms with Crippen molar-refractivity contribution in [3.05, 3.63) is 64.6 Å². The second-order valence-electron chi connectivity index (χ2n) is 10.0. The number of hydrogen-bond acceptors (Lipinski definition) is 4. The van der Waals surface area contributed by atoms with Crippen molar-refractivity contribution in [2.45, 2.75) is 57.7 Å². The fraction of sp³-hybridized carbons (Fsp3) is 0.462. The third kappa shape index (κ3) is 5.36. The Labute approximate surface area is 204 Å². The van der Waals surface area contributed by atoms with E-state index < -0.39 is 5.60 Å². The van der Waals surface area contributed by atoms with Crippen LogP contribution in [0.25, 0.3) is 10.9 Å². The van der Waals surface area contributed by atoms with Crippen LogP contribution in [0.3, 0.4) is 0 Å². The lowest BCUT2D eigenvalue weighted by Gasteiger charge is -2.42. The number of halogens is 2. The van der Waals surface area contributed by atoms with Gasteiger partial charge in [0.25, 0.3) is 0 Å². The number of rotatable bonds is 5. The molecule has 2 heterocycles. The van der Waals surface area contributed by atoms with E-state index >= 15 is 0 Å². The summed E-state index contributed by atoms with van der Waals surface area (Å²) in [4.78, 5) is 14.3. The molecule has 0 radical (unpaired) electrons. The number of hydrogen-bond donors (Lipinski definition) is 1. The Morgan fingerprint density at radius 1 is 1.24 bits per heavy atom. The number of nitrogens with zero attached hydrogens (tertiary/aromatic N) is 2. The Bertz CT molecular complexity index is 1150. The van der Waals surface area contributed by atoms with Crippen molar-refractivity contribution in [3.8, 4) is 0 Å². The van der Waals surface area contributed by atoms with Crippen molar-refractivity contribution in [2.24, 2.45) is 0 Å². The number of aromatic amines is 1. The van der Waals surface area contributed by atoms with Gasteiger partial charge >= 0.3 is 6.09 Å². The predicted octanol–water partition coefficient (Wildman–Crippen LogP) is 6.40. The summed E-state index contributed by atoms with van der Waals surface area (Å²) in [5.74, 6) is -0.278. The highest BCUT2D eigenvalue weighted by molar-refractivity contribution is 6.31. The zero-order valence-electron chi connectivity index (χ0n) is 20.0. The lowest BCUT2D eigenvalue weighted by Crippen LogP contribution is -2.48. The van der Waals surface area contributed by atoms with Crippen LogP contribution in [0.2, 0.25) is 5.02 Å². The minimum Gasteiger partial charge on any atom is -0.444 e. The average molecular weight is 488 g/mol. The first-order chi connectivity index (χ1) is 16.1. The van der Waals surface area contributed by atoms with Gasteiger partial charge in [-0.25, -0.2) is 9.18 Å². The number of benzene rings is 2. The Balaban J connectivity index is 1.54. The number of amides is 1. The molecule has 0 unspecified atom stereocenters. The minimum absolute atomic E-state index is 0.247. The maximum Gasteiger partial charge on any atom is 0.410 e. The normalized spacial score (nSPS) is 17.1. The fourth-order valence-corrected chi connectivity index (χ4v) is 4.74. The third-order valence-corrected chi connectivity index (χ3v) is 6.64. The van der Waals surface area contributed by atoms with Gasteiger partial charge in [-0.3, -0.25) is 5.10 Å². The molecule has 4 rings (SSSR count). The van der Waals surface area contributed by atoms with Crippen LogP contribution < -0.4 is 0 Å². The molecular formula is C26H31ClFN3O3. The lowest BCUT2D eigenvalue weighted by atomic mass is 9.73. The summed E-state index contributed by atoms with van der Waals surface area (Å²) in [5.41, 5.74) is 1.93. The van der Waals surface area contributed by atoms with Crippen LogP contribution in [0.15, 0.2) is 42.6 Å². The summed E-state index contributed by atoms with van der Waals surface area (Å²) in [6, 6.07) is 10.3. The minimum atomic E-state index is -0.546. The van der Waals surface area contributed by atoms with E-state index in [-0.39, 0.29) is 23.4 Å². The van der Waals surface area contributed by atoms with Crippen molar-refractivity contribution in [1.29, 1.82) is 0 Å². The molecule has 1 fully saturated rings. The number of carbonyl (C=O) groups excluding carboxylic acids is 1. The molecule has 0 aliphatic carbocycles. The summed E-state index contributed by atoms with van der Waals surface area (Å²) < 4.78 is 25.7. The van der Waals surface area contributed by atoms with Gasteiger partial charge in [0.2, 0.25) is 0 Å². The molecule has 1 aliphatic heterocycles. The van der Waals surface area contributed by atoms with Gasteiger partial charge in [0.05, 0.1) is 24.4 Å². The highest BCUT2D eigenvalue weighted by Crippen LogP contribution is 2.38. The zero-order valence-corrected chi connectivity index (χ0v) is 20.8. The molecule has 34 heavy (non-hydrogen) atoms. The van der Waals surface area contributed by atoms with Crippen molar-refractivity contribution >= 4 is 28.6 Å². The van der Waals surface area contributed by atoms with Gasteiger partial charge in [-0.1, -0.05) is 23.7 Å². The zero-order chi connectivity index (χ0) is 24.5. The molecule has 6 nitrogen and oxygen atoms in total. The van der Waals surface area contributed by atoms with Crippen LogP contribution in [-0.2, 0) is 14.9 Å². The maximum absolute atomic E-state index is 13.7. The molecule has 1 aromatic heterocycles. The monoisotopic (exact) mass is 487 g/mol. The Morgan fingerprint density at radius 3 is 2.56 bits per heavy atom. The van der Waals surface area contributed by atoms with E-state index in [9.17, 15) is 9.18 Å². The molecule has 1 aliphatic rings. The highest BCUT2D eigenvalue weighted by atomic mass is 35.5. The van der Waals surface area contributed by atoms with Crippen molar-refractivity contribution < 1.29 is 18.7 Å². The van der Waals surface area contributed by atoms with Gasteiger partial charge in [-0.15, -0.1) is 0 Å². The van der Waals surface area contributed by atoms with Crippen molar-refractivity contribution in [3.63, 3.8) is 0 Å². The molecule has 8 heteroatoms. The van der Waals surface area contributed by atoms with Gasteiger partial charge in [-0.05, 0) is 70.4 Å². The van der Waals surface area contributed by atoms with Crippen molar-refractivity contribution in [1.82, 2.24) is 15.1 Å². The smallest absolute Gasteiger partial charge is 0.410 e. The van der Waals surface area contributed by atoms with E-state index in [1.807, 2.05) is 52.0 Å². The lowest BCUT2D eigenvalue weighted by molar-refractivity contribution is -0.00933. The van der Waals surface area contributed by atoms with Gasteiger partial charge in [0.1, 0.15) is 11.4 Å². The largest absolute Gasteiger partial charge is 0.444 e. The first-order valence-corrected chi connectivity index (χ1v) is 11.9. The number of fused-ring (bicyclic) bond motifs is 1. The van der Waals surface area contributed by atoms with Crippen molar-refractivity contribution in [2.75, 3.05) is 19.7 Å². The summed E-state index contributed by atoms with van der Waals surface area (Å²) in [5, 5.41) is 8.71. The Hall–Kier alpha value is -2.64. The van der Waals surface area contributed by atoms with E-state index in [0.29, 0.717) is 37.6 Å². The predicted molar refractivity (Wildman–Crippen MR) is 131 cm³/mol. The molecule has 1 atom stereocenters. The van der Waals surface area contributed by atoms with Gasteiger partial charge in [0.15, 0.2) is 0 Å². The second kappa shape index (κ2) is 9.55. The number of H-pyrrole nitrogens is 1. The van der Waals surface area contributed by atoms with Crippen LogP contribution in [0.5, 0.6) is 0 Å². The van der Waals surface area contributed by atoms with Crippen LogP contribution in [-0.4, -0.2) is 46.5 Å². The fourth-order valence-electron chi connectivity index (χ4n) is 4.51. The van der Waals surface area contributed by atoms with E-state index in [2.05, 4.69) is 10.2 Å². The molecule has 0 spiro atoms. The molecule has 1 amide bonds. The number of ether oxygens (including phenoxy) is 2. The Morgan fingerprint density at radius 2 is 1.91 bits per heavy atom. The highest BCUT2D eigenvalue weighted by Gasteiger charge is 2.39. The summed E-state index contributed by atoms with van der Waals surface area (Å²) in [6.07, 6.45) is 2.54. The summed E-state index contributed by atoms with van der Waals surface area (Å²) >= 11 is 6.32. The number of carbonyl (C=O) groups is 1. The van der Waals surface area contributed by atoms with E-state index in [0.717, 1.165) is 22.0 Å². The van der Waals surface area contributed by atoms with Crippen LogP contribution in [0.1, 0.15) is 57.8 Å². The molecule has 182 valence electrons. The average Bonchev–Trinajstić information content (AvgIpc) is 3.25. The molecule has 0 saturated carbocycles. The van der Waals surface area contributed by atoms with E-state index in [1.54, 1.807) is 11.1 Å². The first-order valence-electron chi connectivity index (χ1n) is 11.5. The molecular weight excluding hydrogens is 457 g/mol. The van der Waals surface area contributed by atoms with Crippen LogP contribution in [0.4, 0.5) is 9.18 Å². The molecule has 2 aromatic carbocycles. The first kappa shape index (κ1) is 24.5. The molecule has 3 aromatic rings. The second-order valence-corrected chi connectivity index (χ2v) is 10.5. The number of likely N-dealkylation sites (tertiary alicyclic amines) is 1. The third-order valence-electron chi connectivity index (χ3n) is 6.42. The number of aromatic nitrogens is 2. The number of nitrogens with one attached hydrogen (secondary N) is 1. The molecule has 1 saturated heterocycles. The van der Waals surface area contributed by atoms with Gasteiger partial charge < -0.3 is 14.4 Å². The molecule has 1 N–H and O–H groups in total. The quantitative estimate of drug-likeness (QED) is 0.452.